The molecular formula is C17H16N4O4. The van der Waals surface area contributed by atoms with Crippen molar-refractivity contribution in [1.82, 2.24) is 20.5 Å². The van der Waals surface area contributed by atoms with Crippen LogP contribution < -0.4 is 14.8 Å². The first-order valence-electron chi connectivity index (χ1n) is 7.44. The van der Waals surface area contributed by atoms with E-state index in [1.807, 2.05) is 6.07 Å². The van der Waals surface area contributed by atoms with E-state index in [1.165, 1.54) is 14.2 Å². The number of pyridine rings is 1. The summed E-state index contributed by atoms with van der Waals surface area (Å²) in [5, 5.41) is 10.6. The van der Waals surface area contributed by atoms with Gasteiger partial charge in [-0.15, -0.1) is 10.2 Å². The van der Waals surface area contributed by atoms with E-state index in [9.17, 15) is 4.79 Å². The Morgan fingerprint density at radius 3 is 2.72 bits per heavy atom. The minimum Gasteiger partial charge on any atom is -0.493 e. The molecular weight excluding hydrogens is 324 g/mol. The lowest BCUT2D eigenvalue weighted by atomic mass is 10.2. The Morgan fingerprint density at radius 1 is 1.16 bits per heavy atom. The van der Waals surface area contributed by atoms with Gasteiger partial charge in [0.25, 0.3) is 5.91 Å². The minimum atomic E-state index is -0.290. The van der Waals surface area contributed by atoms with Gasteiger partial charge in [0, 0.05) is 18.0 Å². The Bertz CT molecular complexity index is 864. The molecule has 0 aliphatic heterocycles. The van der Waals surface area contributed by atoms with Crippen molar-refractivity contribution < 1.29 is 18.7 Å². The molecule has 25 heavy (non-hydrogen) atoms. The largest absolute Gasteiger partial charge is 0.493 e. The fourth-order valence-corrected chi connectivity index (χ4v) is 2.17. The fourth-order valence-electron chi connectivity index (χ4n) is 2.17. The Morgan fingerprint density at radius 2 is 2.00 bits per heavy atom. The lowest BCUT2D eigenvalue weighted by Gasteiger charge is -2.09. The van der Waals surface area contributed by atoms with Gasteiger partial charge in [-0.3, -0.25) is 9.78 Å². The number of hydrogen-bond donors (Lipinski definition) is 1. The number of rotatable bonds is 6. The summed E-state index contributed by atoms with van der Waals surface area (Å²) in [5.74, 6) is 1.39. The second-order valence-electron chi connectivity index (χ2n) is 5.00. The van der Waals surface area contributed by atoms with Crippen LogP contribution in [0.4, 0.5) is 0 Å². The number of benzene rings is 1. The quantitative estimate of drug-likeness (QED) is 0.733. The molecule has 8 nitrogen and oxygen atoms in total. The highest BCUT2D eigenvalue weighted by atomic mass is 16.5. The molecule has 2 heterocycles. The summed E-state index contributed by atoms with van der Waals surface area (Å²) >= 11 is 0. The van der Waals surface area contributed by atoms with Gasteiger partial charge >= 0.3 is 0 Å². The van der Waals surface area contributed by atoms with Crippen molar-refractivity contribution in [1.29, 1.82) is 0 Å². The first kappa shape index (κ1) is 16.4. The van der Waals surface area contributed by atoms with Crippen molar-refractivity contribution >= 4 is 5.91 Å². The molecule has 0 bridgehead atoms. The van der Waals surface area contributed by atoms with Crippen molar-refractivity contribution in [2.75, 3.05) is 14.2 Å². The van der Waals surface area contributed by atoms with Gasteiger partial charge in [0.15, 0.2) is 11.5 Å². The van der Waals surface area contributed by atoms with Crippen LogP contribution in [0.25, 0.3) is 11.5 Å². The summed E-state index contributed by atoms with van der Waals surface area (Å²) < 4.78 is 15.9. The van der Waals surface area contributed by atoms with Gasteiger partial charge in [0.1, 0.15) is 0 Å². The molecule has 0 radical (unpaired) electrons. The molecule has 1 amide bonds. The number of hydrogen-bond acceptors (Lipinski definition) is 7. The number of carbonyl (C=O) groups is 1. The average Bonchev–Trinajstić information content (AvgIpc) is 3.15. The number of nitrogens with one attached hydrogen (secondary N) is 1. The maximum atomic E-state index is 12.3. The minimum absolute atomic E-state index is 0.112. The molecule has 128 valence electrons. The predicted molar refractivity (Wildman–Crippen MR) is 88.2 cm³/mol. The van der Waals surface area contributed by atoms with Crippen LogP contribution in [0.2, 0.25) is 0 Å². The Hall–Kier alpha value is -3.42. The maximum Gasteiger partial charge on any atom is 0.251 e. The van der Waals surface area contributed by atoms with E-state index in [-0.39, 0.29) is 12.5 Å². The zero-order chi connectivity index (χ0) is 17.6. The molecule has 0 saturated carbocycles. The third-order valence-electron chi connectivity index (χ3n) is 3.42. The molecule has 2 aromatic heterocycles. The number of aromatic nitrogens is 3. The normalized spacial score (nSPS) is 10.3. The van der Waals surface area contributed by atoms with Gasteiger partial charge < -0.3 is 19.2 Å². The summed E-state index contributed by atoms with van der Waals surface area (Å²) in [6, 6.07) is 8.50. The van der Waals surface area contributed by atoms with E-state index >= 15 is 0 Å². The van der Waals surface area contributed by atoms with Crippen LogP contribution in [0.15, 0.2) is 47.1 Å². The van der Waals surface area contributed by atoms with Crippen molar-refractivity contribution in [3.63, 3.8) is 0 Å². The van der Waals surface area contributed by atoms with Crippen molar-refractivity contribution in [2.45, 2.75) is 6.54 Å². The van der Waals surface area contributed by atoms with Gasteiger partial charge in [0.2, 0.25) is 11.8 Å². The highest BCUT2D eigenvalue weighted by Gasteiger charge is 2.13. The first-order valence-corrected chi connectivity index (χ1v) is 7.44. The molecule has 3 rings (SSSR count). The summed E-state index contributed by atoms with van der Waals surface area (Å²) in [6.07, 6.45) is 3.28. The van der Waals surface area contributed by atoms with Crippen LogP contribution in [-0.2, 0) is 6.54 Å². The van der Waals surface area contributed by atoms with Crippen LogP contribution in [0.1, 0.15) is 16.2 Å². The third kappa shape index (κ3) is 3.74. The standard InChI is InChI=1S/C17H16N4O4/c1-23-13-6-5-11(8-14(13)24-2)16(22)19-10-15-20-21-17(25-15)12-4-3-7-18-9-12/h3-9H,10H2,1-2H3,(H,19,22). The van der Waals surface area contributed by atoms with Gasteiger partial charge in [-0.05, 0) is 30.3 Å². The molecule has 1 N–H and O–H groups in total. The predicted octanol–water partition coefficient (Wildman–Crippen LogP) is 2.08. The van der Waals surface area contributed by atoms with Gasteiger partial charge in [-0.1, -0.05) is 0 Å². The summed E-state index contributed by atoms with van der Waals surface area (Å²) in [7, 11) is 3.05. The topological polar surface area (TPSA) is 99.4 Å². The molecule has 1 aromatic carbocycles. The number of amides is 1. The van der Waals surface area contributed by atoms with Crippen LogP contribution in [0.3, 0.4) is 0 Å². The number of carbonyl (C=O) groups excluding carboxylic acids is 1. The maximum absolute atomic E-state index is 12.3. The SMILES string of the molecule is COc1ccc(C(=O)NCc2nnc(-c3cccnc3)o2)cc1OC. The molecule has 8 heteroatoms. The van der Waals surface area contributed by atoms with Crippen LogP contribution in [0, 0.1) is 0 Å². The Kier molecular flexibility index (Phi) is 4.89. The lowest BCUT2D eigenvalue weighted by Crippen LogP contribution is -2.23. The third-order valence-corrected chi connectivity index (χ3v) is 3.42. The molecule has 0 atom stereocenters. The smallest absolute Gasteiger partial charge is 0.251 e. The molecule has 0 aliphatic rings. The van der Waals surface area contributed by atoms with E-state index in [2.05, 4.69) is 20.5 Å². The second kappa shape index (κ2) is 7.43. The molecule has 0 aliphatic carbocycles. The lowest BCUT2D eigenvalue weighted by molar-refractivity contribution is 0.0947. The van der Waals surface area contributed by atoms with Gasteiger partial charge in [-0.2, -0.15) is 0 Å². The van der Waals surface area contributed by atoms with Crippen molar-refractivity contribution in [2.24, 2.45) is 0 Å². The number of methoxy groups -OCH3 is 2. The van der Waals surface area contributed by atoms with E-state index in [4.69, 9.17) is 13.9 Å². The Labute approximate surface area is 143 Å². The summed E-state index contributed by atoms with van der Waals surface area (Å²) in [5.41, 5.74) is 1.15. The fraction of sp³-hybridized carbons (Fsp3) is 0.176. The number of ether oxygens (including phenoxy) is 2. The van der Waals surface area contributed by atoms with E-state index in [0.29, 0.717) is 34.4 Å². The monoisotopic (exact) mass is 340 g/mol. The molecule has 0 fully saturated rings. The first-order chi connectivity index (χ1) is 12.2. The van der Waals surface area contributed by atoms with E-state index < -0.39 is 0 Å². The zero-order valence-electron chi connectivity index (χ0n) is 13.7. The molecule has 0 spiro atoms. The van der Waals surface area contributed by atoms with Crippen LogP contribution >= 0.6 is 0 Å². The molecule has 0 unspecified atom stereocenters. The summed E-state index contributed by atoms with van der Waals surface area (Å²) in [6.45, 7) is 0.112. The highest BCUT2D eigenvalue weighted by Crippen LogP contribution is 2.27. The van der Waals surface area contributed by atoms with E-state index in [1.54, 1.807) is 36.7 Å². The highest BCUT2D eigenvalue weighted by molar-refractivity contribution is 5.94. The van der Waals surface area contributed by atoms with E-state index in [0.717, 1.165) is 0 Å². The Balaban J connectivity index is 1.66. The molecule has 0 saturated heterocycles. The summed E-state index contributed by atoms with van der Waals surface area (Å²) in [4.78, 5) is 16.3. The van der Waals surface area contributed by atoms with Crippen LogP contribution in [-0.4, -0.2) is 35.3 Å². The number of nitrogens with zero attached hydrogens (tertiary/aromatic N) is 3. The average molecular weight is 340 g/mol. The van der Waals surface area contributed by atoms with Crippen LogP contribution in [0.5, 0.6) is 11.5 Å². The van der Waals surface area contributed by atoms with Gasteiger partial charge in [-0.25, -0.2) is 0 Å². The van der Waals surface area contributed by atoms with Gasteiger partial charge in [0.05, 0.1) is 26.3 Å². The zero-order valence-corrected chi connectivity index (χ0v) is 13.7. The van der Waals surface area contributed by atoms with Crippen molar-refractivity contribution in [3.8, 4) is 23.0 Å². The second-order valence-corrected chi connectivity index (χ2v) is 5.00. The molecule has 3 aromatic rings. The van der Waals surface area contributed by atoms with Crippen molar-refractivity contribution in [3.05, 3.63) is 54.2 Å².